The summed E-state index contributed by atoms with van der Waals surface area (Å²) in [5.41, 5.74) is 0. The van der Waals surface area contributed by atoms with Crippen LogP contribution in [-0.4, -0.2) is 28.4 Å². The summed E-state index contributed by atoms with van der Waals surface area (Å²) < 4.78 is 0.547. The maximum atomic E-state index is 11.4. The topological polar surface area (TPSA) is 63.2 Å². The molecule has 0 spiro atoms. The minimum Gasteiger partial charge on any atom is -0.297 e. The van der Waals surface area contributed by atoms with Gasteiger partial charge in [0.1, 0.15) is 0 Å². The van der Waals surface area contributed by atoms with Crippen LogP contribution in [0.3, 0.4) is 0 Å². The van der Waals surface area contributed by atoms with Gasteiger partial charge in [0.15, 0.2) is 16.8 Å². The van der Waals surface area contributed by atoms with Gasteiger partial charge in [0, 0.05) is 0 Å². The molecule has 15 heavy (non-hydrogen) atoms. The van der Waals surface area contributed by atoms with Crippen molar-refractivity contribution in [2.75, 3.05) is 11.4 Å². The average molecular weight is 291 g/mol. The molecule has 1 fully saturated rings. The third-order valence-corrected chi connectivity index (χ3v) is 2.71. The summed E-state index contributed by atoms with van der Waals surface area (Å²) in [6.45, 7) is 0.0494. The average Bonchev–Trinajstić information content (AvgIpc) is 2.45. The summed E-state index contributed by atoms with van der Waals surface area (Å²) in [6, 6.07) is 1.53. The van der Waals surface area contributed by atoms with Crippen molar-refractivity contribution in [3.05, 3.63) is 15.7 Å². The van der Waals surface area contributed by atoms with Crippen LogP contribution in [0.1, 0.15) is 6.42 Å². The number of carbonyl (C=O) groups is 2. The van der Waals surface area contributed by atoms with Gasteiger partial charge in [-0.15, -0.1) is 10.2 Å². The molecule has 0 radical (unpaired) electrons. The first-order chi connectivity index (χ1) is 7.08. The Hall–Kier alpha value is -1.01. The van der Waals surface area contributed by atoms with Crippen LogP contribution in [0.4, 0.5) is 5.82 Å². The molecule has 0 bridgehead atoms. The largest absolute Gasteiger partial charge is 0.297 e. The number of halogens is 2. The van der Waals surface area contributed by atoms with E-state index in [0.717, 1.165) is 0 Å². The lowest BCUT2D eigenvalue weighted by Gasteiger charge is -2.13. The molecule has 0 saturated carbocycles. The Kier molecular flexibility index (Phi) is 2.70. The van der Waals surface area contributed by atoms with E-state index < -0.39 is 0 Å². The van der Waals surface area contributed by atoms with Crippen molar-refractivity contribution in [1.82, 2.24) is 10.2 Å². The van der Waals surface area contributed by atoms with Crippen molar-refractivity contribution >= 4 is 45.0 Å². The Morgan fingerprint density at radius 1 is 1.40 bits per heavy atom. The van der Waals surface area contributed by atoms with E-state index in [2.05, 4.69) is 26.1 Å². The van der Waals surface area contributed by atoms with Crippen LogP contribution in [0.2, 0.25) is 5.15 Å². The zero-order chi connectivity index (χ0) is 11.0. The second kappa shape index (κ2) is 3.86. The highest BCUT2D eigenvalue weighted by molar-refractivity contribution is 9.10. The van der Waals surface area contributed by atoms with Gasteiger partial charge < -0.3 is 0 Å². The summed E-state index contributed by atoms with van der Waals surface area (Å²) in [7, 11) is 0. The molecule has 0 unspecified atom stereocenters. The van der Waals surface area contributed by atoms with Crippen molar-refractivity contribution in [3.8, 4) is 0 Å². The summed E-state index contributed by atoms with van der Waals surface area (Å²) in [5, 5.41) is 7.62. The zero-order valence-electron chi connectivity index (χ0n) is 7.41. The minimum atomic E-state index is -0.266. The maximum Gasteiger partial charge on any atom is 0.236 e. The van der Waals surface area contributed by atoms with E-state index in [1.165, 1.54) is 11.0 Å². The summed E-state index contributed by atoms with van der Waals surface area (Å²) >= 11 is 8.83. The molecular weight excluding hydrogens is 285 g/mol. The molecule has 78 valence electrons. The molecule has 7 heteroatoms. The first-order valence-corrected chi connectivity index (χ1v) is 5.26. The molecule has 0 N–H and O–H groups in total. The number of anilines is 1. The highest BCUT2D eigenvalue weighted by Gasteiger charge is 2.31. The van der Waals surface area contributed by atoms with E-state index in [1.54, 1.807) is 0 Å². The molecule has 5 nitrogen and oxygen atoms in total. The number of hydrogen-bond acceptors (Lipinski definition) is 4. The van der Waals surface area contributed by atoms with E-state index >= 15 is 0 Å². The highest BCUT2D eigenvalue weighted by atomic mass is 79.9. The van der Waals surface area contributed by atoms with Crippen LogP contribution in [-0.2, 0) is 9.59 Å². The quantitative estimate of drug-likeness (QED) is 0.729. The van der Waals surface area contributed by atoms with Crippen LogP contribution >= 0.6 is 27.5 Å². The Morgan fingerprint density at radius 2 is 2.13 bits per heavy atom. The normalized spacial score (nSPS) is 16.3. The van der Waals surface area contributed by atoms with E-state index in [1.807, 2.05) is 0 Å². The number of hydrogen-bond donors (Lipinski definition) is 0. The van der Waals surface area contributed by atoms with Crippen LogP contribution in [0.5, 0.6) is 0 Å². The Morgan fingerprint density at radius 3 is 2.67 bits per heavy atom. The molecule has 1 aliphatic heterocycles. The molecule has 1 aromatic heterocycles. The predicted molar refractivity (Wildman–Crippen MR) is 56.7 cm³/mol. The standard InChI is InChI=1S/C8H5BrClN3O2/c9-5-2-6(10)11-12-8(5)13-3-4(14)1-7(13)15/h2H,1,3H2. The predicted octanol–water partition coefficient (Wildman–Crippen LogP) is 1.20. The van der Waals surface area contributed by atoms with Crippen molar-refractivity contribution < 1.29 is 9.59 Å². The number of Topliss-reactive ketones (excluding diaryl/α,β-unsaturated/α-hetero) is 1. The number of carbonyl (C=O) groups excluding carboxylic acids is 2. The van der Waals surface area contributed by atoms with Crippen molar-refractivity contribution in [2.45, 2.75) is 6.42 Å². The monoisotopic (exact) mass is 289 g/mol. The molecule has 0 atom stereocenters. The molecule has 2 heterocycles. The summed E-state index contributed by atoms with van der Waals surface area (Å²) in [6.07, 6.45) is -0.0727. The lowest BCUT2D eigenvalue weighted by atomic mass is 10.3. The van der Waals surface area contributed by atoms with Gasteiger partial charge in [0.25, 0.3) is 0 Å². The van der Waals surface area contributed by atoms with Crippen molar-refractivity contribution in [3.63, 3.8) is 0 Å². The second-order valence-corrected chi connectivity index (χ2v) is 4.28. The number of aromatic nitrogens is 2. The van der Waals surface area contributed by atoms with Gasteiger partial charge in [-0.2, -0.15) is 0 Å². The maximum absolute atomic E-state index is 11.4. The molecular formula is C8H5BrClN3O2. The Bertz CT molecular complexity index is 452. The van der Waals surface area contributed by atoms with Crippen LogP contribution in [0, 0.1) is 0 Å². The fourth-order valence-corrected chi connectivity index (χ4v) is 2.09. The highest BCUT2D eigenvalue weighted by Crippen LogP contribution is 2.27. The Labute approximate surface area is 98.5 Å². The van der Waals surface area contributed by atoms with Gasteiger partial charge in [-0.3, -0.25) is 14.5 Å². The van der Waals surface area contributed by atoms with E-state index in [9.17, 15) is 9.59 Å². The molecule has 1 aliphatic rings. The molecule has 1 amide bonds. The second-order valence-electron chi connectivity index (χ2n) is 3.03. The smallest absolute Gasteiger partial charge is 0.236 e. The molecule has 1 aromatic rings. The number of nitrogens with zero attached hydrogens (tertiary/aromatic N) is 3. The SMILES string of the molecule is O=C1CC(=O)N(c2nnc(Cl)cc2Br)C1. The number of ketones is 1. The third-order valence-electron chi connectivity index (χ3n) is 1.94. The van der Waals surface area contributed by atoms with Gasteiger partial charge in [-0.25, -0.2) is 0 Å². The summed E-state index contributed by atoms with van der Waals surface area (Å²) in [4.78, 5) is 23.8. The van der Waals surface area contributed by atoms with Crippen LogP contribution in [0.15, 0.2) is 10.5 Å². The summed E-state index contributed by atoms with van der Waals surface area (Å²) in [5.74, 6) is -0.0591. The van der Waals surface area contributed by atoms with E-state index in [0.29, 0.717) is 10.3 Å². The molecule has 2 rings (SSSR count). The first kappa shape index (κ1) is 10.5. The molecule has 0 aromatic carbocycles. The zero-order valence-corrected chi connectivity index (χ0v) is 9.75. The third kappa shape index (κ3) is 2.00. The van der Waals surface area contributed by atoms with Gasteiger partial charge in [0.2, 0.25) is 5.91 Å². The number of rotatable bonds is 1. The fraction of sp³-hybridized carbons (Fsp3) is 0.250. The van der Waals surface area contributed by atoms with Crippen LogP contribution in [0.25, 0.3) is 0 Å². The first-order valence-electron chi connectivity index (χ1n) is 4.08. The van der Waals surface area contributed by atoms with Crippen molar-refractivity contribution in [1.29, 1.82) is 0 Å². The molecule has 1 saturated heterocycles. The lowest BCUT2D eigenvalue weighted by Crippen LogP contribution is -2.26. The van der Waals surface area contributed by atoms with Crippen molar-refractivity contribution in [2.24, 2.45) is 0 Å². The van der Waals surface area contributed by atoms with Gasteiger partial charge in [-0.1, -0.05) is 11.6 Å². The minimum absolute atomic E-state index is 0.0494. The lowest BCUT2D eigenvalue weighted by molar-refractivity contribution is -0.121. The number of amides is 1. The van der Waals surface area contributed by atoms with Gasteiger partial charge in [-0.05, 0) is 22.0 Å². The van der Waals surface area contributed by atoms with E-state index in [4.69, 9.17) is 11.6 Å². The fourth-order valence-electron chi connectivity index (χ4n) is 1.30. The van der Waals surface area contributed by atoms with Gasteiger partial charge in [0.05, 0.1) is 17.4 Å². The van der Waals surface area contributed by atoms with E-state index in [-0.39, 0.29) is 29.8 Å². The Balaban J connectivity index is 2.38. The van der Waals surface area contributed by atoms with Crippen LogP contribution < -0.4 is 4.90 Å². The van der Waals surface area contributed by atoms with Gasteiger partial charge >= 0.3 is 0 Å². The molecule has 0 aliphatic carbocycles.